The maximum absolute atomic E-state index is 11.0. The number of hydrogen-bond donors (Lipinski definition) is 1. The molecule has 0 saturated carbocycles. The van der Waals surface area contributed by atoms with E-state index in [4.69, 9.17) is 9.47 Å². The minimum atomic E-state index is -0.861. The molecule has 0 bridgehead atoms. The Morgan fingerprint density at radius 2 is 0.933 bits per heavy atom. The SMILES string of the molecule is CCCCCCCCCCCCCCc1ccc(OCC(O)COC(c2ccccc2)(c2ccccc2)c2ccccc2)cc1. The third-order valence-corrected chi connectivity index (χ3v) is 8.72. The van der Waals surface area contributed by atoms with Gasteiger partial charge in [0.15, 0.2) is 0 Å². The summed E-state index contributed by atoms with van der Waals surface area (Å²) in [4.78, 5) is 0. The summed E-state index contributed by atoms with van der Waals surface area (Å²) < 4.78 is 12.7. The summed E-state index contributed by atoms with van der Waals surface area (Å²) in [5, 5.41) is 11.0. The molecule has 4 aromatic rings. The molecule has 3 heteroatoms. The Hall–Kier alpha value is -3.40. The van der Waals surface area contributed by atoms with Gasteiger partial charge < -0.3 is 14.6 Å². The maximum Gasteiger partial charge on any atom is 0.143 e. The fourth-order valence-electron chi connectivity index (χ4n) is 6.15. The molecule has 0 heterocycles. The number of rotatable bonds is 22. The molecule has 1 atom stereocenters. The summed E-state index contributed by atoms with van der Waals surface area (Å²) in [7, 11) is 0. The number of aliphatic hydroxyl groups is 1. The molecule has 0 amide bonds. The first-order valence-corrected chi connectivity index (χ1v) is 17.4. The second kappa shape index (κ2) is 19.9. The molecule has 1 unspecified atom stereocenters. The lowest BCUT2D eigenvalue weighted by atomic mass is 9.80. The fraction of sp³-hybridized carbons (Fsp3) is 0.429. The highest BCUT2D eigenvalue weighted by atomic mass is 16.5. The van der Waals surface area contributed by atoms with Crippen LogP contribution in [0.15, 0.2) is 115 Å². The molecule has 1 N–H and O–H groups in total. The van der Waals surface area contributed by atoms with Gasteiger partial charge in [-0.3, -0.25) is 0 Å². The van der Waals surface area contributed by atoms with Crippen LogP contribution in [0, 0.1) is 0 Å². The van der Waals surface area contributed by atoms with E-state index in [-0.39, 0.29) is 13.2 Å². The molecule has 0 aliphatic carbocycles. The molecule has 0 fully saturated rings. The van der Waals surface area contributed by atoms with Gasteiger partial charge >= 0.3 is 0 Å². The van der Waals surface area contributed by atoms with E-state index >= 15 is 0 Å². The van der Waals surface area contributed by atoms with E-state index in [1.54, 1.807) is 0 Å². The Labute approximate surface area is 272 Å². The Morgan fingerprint density at radius 3 is 1.38 bits per heavy atom. The van der Waals surface area contributed by atoms with E-state index in [0.29, 0.717) is 0 Å². The average molecular weight is 607 g/mol. The van der Waals surface area contributed by atoms with E-state index in [2.05, 4.69) is 55.5 Å². The van der Waals surface area contributed by atoms with Gasteiger partial charge in [0, 0.05) is 0 Å². The van der Waals surface area contributed by atoms with Gasteiger partial charge in [-0.2, -0.15) is 0 Å². The minimum absolute atomic E-state index is 0.121. The van der Waals surface area contributed by atoms with Crippen molar-refractivity contribution < 1.29 is 14.6 Å². The summed E-state index contributed by atoms with van der Waals surface area (Å²) in [5.41, 5.74) is 3.52. The van der Waals surface area contributed by atoms with Gasteiger partial charge in [0.25, 0.3) is 0 Å². The molecule has 0 aliphatic heterocycles. The predicted molar refractivity (Wildman–Crippen MR) is 188 cm³/mol. The molecule has 45 heavy (non-hydrogen) atoms. The van der Waals surface area contributed by atoms with Crippen molar-refractivity contribution >= 4 is 0 Å². The van der Waals surface area contributed by atoms with Crippen molar-refractivity contribution in [3.8, 4) is 5.75 Å². The van der Waals surface area contributed by atoms with Crippen LogP contribution in [-0.4, -0.2) is 24.4 Å². The lowest BCUT2D eigenvalue weighted by molar-refractivity contribution is -0.0493. The quantitative estimate of drug-likeness (QED) is 0.0714. The Morgan fingerprint density at radius 1 is 0.511 bits per heavy atom. The number of aliphatic hydroxyl groups excluding tert-OH is 1. The van der Waals surface area contributed by atoms with Gasteiger partial charge in [0.1, 0.15) is 24.1 Å². The fourth-order valence-corrected chi connectivity index (χ4v) is 6.15. The van der Waals surface area contributed by atoms with Crippen LogP contribution in [0.1, 0.15) is 106 Å². The van der Waals surface area contributed by atoms with Crippen molar-refractivity contribution in [1.82, 2.24) is 0 Å². The lowest BCUT2D eigenvalue weighted by Crippen LogP contribution is -2.37. The second-order valence-electron chi connectivity index (χ2n) is 12.3. The topological polar surface area (TPSA) is 38.7 Å². The smallest absolute Gasteiger partial charge is 0.143 e. The van der Waals surface area contributed by atoms with Gasteiger partial charge in [-0.25, -0.2) is 0 Å². The number of ether oxygens (including phenoxy) is 2. The van der Waals surface area contributed by atoms with Crippen molar-refractivity contribution in [2.24, 2.45) is 0 Å². The van der Waals surface area contributed by atoms with Crippen LogP contribution in [0.5, 0.6) is 5.75 Å². The van der Waals surface area contributed by atoms with Crippen LogP contribution in [0.2, 0.25) is 0 Å². The van der Waals surface area contributed by atoms with Gasteiger partial charge in [-0.15, -0.1) is 0 Å². The molecule has 0 radical (unpaired) electrons. The molecular formula is C42H54O3. The summed E-state index contributed by atoms with van der Waals surface area (Å²) in [5.74, 6) is 0.771. The zero-order chi connectivity index (χ0) is 31.4. The standard InChI is InChI=1S/C42H54O3/c1-2-3-4-5-6-7-8-9-10-11-12-16-23-36-30-32-41(33-31-36)44-34-40(43)35-45-42(37-24-17-13-18-25-37,38-26-19-14-20-27-38)39-28-21-15-22-29-39/h13-15,17-22,24-33,40,43H,2-12,16,23,34-35H2,1H3. The van der Waals surface area contributed by atoms with Crippen molar-refractivity contribution in [1.29, 1.82) is 0 Å². The summed E-state index contributed by atoms with van der Waals surface area (Å²) in [6.07, 6.45) is 16.8. The predicted octanol–water partition coefficient (Wildman–Crippen LogP) is 10.7. The second-order valence-corrected chi connectivity index (χ2v) is 12.3. The molecule has 0 aromatic heterocycles. The highest BCUT2D eigenvalue weighted by Crippen LogP contribution is 2.40. The number of aryl methyl sites for hydroxylation is 1. The highest BCUT2D eigenvalue weighted by molar-refractivity contribution is 5.47. The minimum Gasteiger partial charge on any atom is -0.491 e. The molecule has 240 valence electrons. The third kappa shape index (κ3) is 11.2. The van der Waals surface area contributed by atoms with E-state index < -0.39 is 11.7 Å². The zero-order valence-corrected chi connectivity index (χ0v) is 27.4. The first-order valence-electron chi connectivity index (χ1n) is 17.4. The number of unbranched alkanes of at least 4 members (excludes halogenated alkanes) is 11. The Balaban J connectivity index is 1.22. The highest BCUT2D eigenvalue weighted by Gasteiger charge is 2.38. The molecule has 4 rings (SSSR count). The molecule has 0 saturated heterocycles. The van der Waals surface area contributed by atoms with Crippen LogP contribution in [-0.2, 0) is 16.8 Å². The van der Waals surface area contributed by atoms with Gasteiger partial charge in [-0.1, -0.05) is 181 Å². The van der Waals surface area contributed by atoms with Crippen molar-refractivity contribution in [3.63, 3.8) is 0 Å². The van der Waals surface area contributed by atoms with E-state index in [9.17, 15) is 5.11 Å². The largest absolute Gasteiger partial charge is 0.491 e. The number of hydrogen-bond acceptors (Lipinski definition) is 3. The van der Waals surface area contributed by atoms with Crippen molar-refractivity contribution in [2.75, 3.05) is 13.2 Å². The number of benzene rings is 4. The van der Waals surface area contributed by atoms with Gasteiger partial charge in [0.2, 0.25) is 0 Å². The van der Waals surface area contributed by atoms with Gasteiger partial charge in [0.05, 0.1) is 6.61 Å². The van der Waals surface area contributed by atoms with Crippen LogP contribution in [0.4, 0.5) is 0 Å². The van der Waals surface area contributed by atoms with Crippen LogP contribution in [0.3, 0.4) is 0 Å². The monoisotopic (exact) mass is 606 g/mol. The summed E-state index contributed by atoms with van der Waals surface area (Å²) in [6.45, 7) is 2.56. The molecule has 0 aliphatic rings. The van der Waals surface area contributed by atoms with Crippen LogP contribution in [0.25, 0.3) is 0 Å². The normalized spacial score (nSPS) is 12.2. The zero-order valence-electron chi connectivity index (χ0n) is 27.4. The van der Waals surface area contributed by atoms with E-state index in [1.165, 1.54) is 82.6 Å². The molecule has 3 nitrogen and oxygen atoms in total. The summed E-state index contributed by atoms with van der Waals surface area (Å²) >= 11 is 0. The van der Waals surface area contributed by atoms with Crippen molar-refractivity contribution in [3.05, 3.63) is 138 Å². The Bertz CT molecular complexity index is 1190. The first kappa shape index (κ1) is 34.5. The van der Waals surface area contributed by atoms with Gasteiger partial charge in [-0.05, 0) is 47.2 Å². The Kier molecular flexibility index (Phi) is 15.2. The molecular weight excluding hydrogens is 552 g/mol. The van der Waals surface area contributed by atoms with Crippen LogP contribution < -0.4 is 4.74 Å². The maximum atomic E-state index is 11.0. The lowest BCUT2D eigenvalue weighted by Gasteiger charge is -2.36. The van der Waals surface area contributed by atoms with Crippen LogP contribution >= 0.6 is 0 Å². The average Bonchev–Trinajstić information content (AvgIpc) is 3.10. The van der Waals surface area contributed by atoms with E-state index in [0.717, 1.165) is 28.9 Å². The van der Waals surface area contributed by atoms with Crippen molar-refractivity contribution in [2.45, 2.75) is 102 Å². The van der Waals surface area contributed by atoms with E-state index in [1.807, 2.05) is 66.7 Å². The molecule has 0 spiro atoms. The summed E-state index contributed by atoms with van der Waals surface area (Å²) in [6, 6.07) is 39.1. The molecule has 4 aromatic carbocycles. The third-order valence-electron chi connectivity index (χ3n) is 8.72. The first-order chi connectivity index (χ1) is 22.2.